The predicted molar refractivity (Wildman–Crippen MR) is 119 cm³/mol. The van der Waals surface area contributed by atoms with E-state index < -0.39 is 5.91 Å². The number of rotatable bonds is 4. The van der Waals surface area contributed by atoms with Gasteiger partial charge in [-0.1, -0.05) is 41.9 Å². The lowest BCUT2D eigenvalue weighted by atomic mass is 10.1. The molecule has 0 atom stereocenters. The molecule has 0 radical (unpaired) electrons. The molecule has 7 heteroatoms. The smallest absolute Gasteiger partial charge is 0.262 e. The van der Waals surface area contributed by atoms with Crippen LogP contribution in [0.2, 0.25) is 5.02 Å². The van der Waals surface area contributed by atoms with Crippen LogP contribution in [0.5, 0.6) is 0 Å². The van der Waals surface area contributed by atoms with Crippen molar-refractivity contribution >= 4 is 44.9 Å². The molecule has 29 heavy (non-hydrogen) atoms. The van der Waals surface area contributed by atoms with Gasteiger partial charge in [0, 0.05) is 33.6 Å². The normalized spacial score (nSPS) is 11.0. The molecule has 0 aliphatic heterocycles. The fraction of sp³-hybridized carbons (Fsp3) is 0.136. The Morgan fingerprint density at radius 2 is 1.97 bits per heavy atom. The minimum absolute atomic E-state index is 0.0655. The molecule has 2 heterocycles. The third kappa shape index (κ3) is 3.69. The monoisotopic (exact) mass is 423 g/mol. The van der Waals surface area contributed by atoms with Gasteiger partial charge in [0.1, 0.15) is 5.56 Å². The number of amides is 1. The summed E-state index contributed by atoms with van der Waals surface area (Å²) in [5, 5.41) is 4.12. The topological polar surface area (TPSA) is 64.0 Å². The molecule has 2 aromatic heterocycles. The number of thiazole rings is 1. The quantitative estimate of drug-likeness (QED) is 0.480. The standard InChI is InChI=1S/C22H18ClN3O2S/c1-3-26-12-17(20(27)16-11-15(23)9-10-18(16)26)21(28)25-22-24-19(13(2)29-22)14-7-5-4-6-8-14/h4-12H,3H2,1-2H3,(H,24,25,28). The number of hydrogen-bond donors (Lipinski definition) is 1. The summed E-state index contributed by atoms with van der Waals surface area (Å²) in [6.45, 7) is 4.53. The van der Waals surface area contributed by atoms with Gasteiger partial charge in [0.25, 0.3) is 5.91 Å². The van der Waals surface area contributed by atoms with E-state index in [9.17, 15) is 9.59 Å². The summed E-state index contributed by atoms with van der Waals surface area (Å²) in [5.74, 6) is -0.479. The van der Waals surface area contributed by atoms with Gasteiger partial charge in [-0.15, -0.1) is 11.3 Å². The van der Waals surface area contributed by atoms with E-state index in [1.54, 1.807) is 24.4 Å². The molecular weight excluding hydrogens is 406 g/mol. The Balaban J connectivity index is 1.72. The number of nitrogens with zero attached hydrogens (tertiary/aromatic N) is 2. The second-order valence-electron chi connectivity index (χ2n) is 6.56. The van der Waals surface area contributed by atoms with Crippen molar-refractivity contribution in [3.05, 3.63) is 80.4 Å². The molecular formula is C22H18ClN3O2S. The van der Waals surface area contributed by atoms with Crippen LogP contribution in [0.15, 0.2) is 59.5 Å². The van der Waals surface area contributed by atoms with Crippen LogP contribution < -0.4 is 10.7 Å². The van der Waals surface area contributed by atoms with E-state index in [0.29, 0.717) is 22.1 Å². The Labute approximate surface area is 176 Å². The average molecular weight is 424 g/mol. The van der Waals surface area contributed by atoms with E-state index >= 15 is 0 Å². The molecule has 1 amide bonds. The molecule has 4 aromatic rings. The van der Waals surface area contributed by atoms with Crippen molar-refractivity contribution in [2.45, 2.75) is 20.4 Å². The van der Waals surface area contributed by atoms with Gasteiger partial charge >= 0.3 is 0 Å². The van der Waals surface area contributed by atoms with E-state index in [2.05, 4.69) is 10.3 Å². The van der Waals surface area contributed by atoms with Gasteiger partial charge in [0.2, 0.25) is 5.43 Å². The molecule has 0 aliphatic carbocycles. The number of anilines is 1. The molecule has 4 rings (SSSR count). The molecule has 1 N–H and O–H groups in total. The van der Waals surface area contributed by atoms with Gasteiger partial charge in [0.15, 0.2) is 5.13 Å². The first-order valence-electron chi connectivity index (χ1n) is 9.15. The summed E-state index contributed by atoms with van der Waals surface area (Å²) in [5.41, 5.74) is 2.27. The number of nitrogens with one attached hydrogen (secondary N) is 1. The minimum atomic E-state index is -0.479. The number of pyridine rings is 1. The van der Waals surface area contributed by atoms with Crippen molar-refractivity contribution in [2.75, 3.05) is 5.32 Å². The minimum Gasteiger partial charge on any atom is -0.347 e. The zero-order valence-electron chi connectivity index (χ0n) is 15.9. The highest BCUT2D eigenvalue weighted by atomic mass is 35.5. The molecule has 0 fully saturated rings. The number of halogens is 1. The van der Waals surface area contributed by atoms with Gasteiger partial charge in [-0.05, 0) is 32.0 Å². The maximum absolute atomic E-state index is 12.9. The van der Waals surface area contributed by atoms with Crippen molar-refractivity contribution in [3.63, 3.8) is 0 Å². The molecule has 0 unspecified atom stereocenters. The fourth-order valence-electron chi connectivity index (χ4n) is 3.27. The third-order valence-electron chi connectivity index (χ3n) is 4.69. The van der Waals surface area contributed by atoms with Crippen molar-refractivity contribution in [3.8, 4) is 11.3 Å². The molecule has 0 spiro atoms. The van der Waals surface area contributed by atoms with E-state index in [-0.39, 0.29) is 11.0 Å². The lowest BCUT2D eigenvalue weighted by Gasteiger charge is -2.11. The summed E-state index contributed by atoms with van der Waals surface area (Å²) >= 11 is 7.45. The summed E-state index contributed by atoms with van der Waals surface area (Å²) in [4.78, 5) is 31.4. The summed E-state index contributed by atoms with van der Waals surface area (Å²) < 4.78 is 1.87. The number of aromatic nitrogens is 2. The lowest BCUT2D eigenvalue weighted by molar-refractivity contribution is 0.102. The molecule has 0 aliphatic rings. The highest BCUT2D eigenvalue weighted by Gasteiger charge is 2.18. The summed E-state index contributed by atoms with van der Waals surface area (Å²) in [6, 6.07) is 14.9. The van der Waals surface area contributed by atoms with E-state index in [1.165, 1.54) is 11.3 Å². The Morgan fingerprint density at radius 1 is 1.21 bits per heavy atom. The molecule has 5 nitrogen and oxygen atoms in total. The van der Waals surface area contributed by atoms with Crippen molar-refractivity contribution < 1.29 is 4.79 Å². The second kappa shape index (κ2) is 7.81. The lowest BCUT2D eigenvalue weighted by Crippen LogP contribution is -2.23. The second-order valence-corrected chi connectivity index (χ2v) is 8.20. The van der Waals surface area contributed by atoms with E-state index in [1.807, 2.05) is 48.7 Å². The first-order valence-corrected chi connectivity index (χ1v) is 10.3. The van der Waals surface area contributed by atoms with Gasteiger partial charge < -0.3 is 4.57 Å². The first-order chi connectivity index (χ1) is 14.0. The third-order valence-corrected chi connectivity index (χ3v) is 5.81. The summed E-state index contributed by atoms with van der Waals surface area (Å²) in [7, 11) is 0. The zero-order chi connectivity index (χ0) is 20.5. The van der Waals surface area contributed by atoms with Gasteiger partial charge in [-0.2, -0.15) is 0 Å². The highest BCUT2D eigenvalue weighted by Crippen LogP contribution is 2.30. The molecule has 0 saturated heterocycles. The Bertz CT molecular complexity index is 1280. The molecule has 2 aromatic carbocycles. The maximum Gasteiger partial charge on any atom is 0.262 e. The zero-order valence-corrected chi connectivity index (χ0v) is 17.5. The Kier molecular flexibility index (Phi) is 5.22. The van der Waals surface area contributed by atoms with Crippen LogP contribution in [0.1, 0.15) is 22.2 Å². The fourth-order valence-corrected chi connectivity index (χ4v) is 4.27. The first kappa shape index (κ1) is 19.4. The molecule has 146 valence electrons. The van der Waals surface area contributed by atoms with E-state index in [4.69, 9.17) is 11.6 Å². The number of hydrogen-bond acceptors (Lipinski definition) is 4. The average Bonchev–Trinajstić information content (AvgIpc) is 3.09. The van der Waals surface area contributed by atoms with Crippen LogP contribution in [-0.4, -0.2) is 15.5 Å². The summed E-state index contributed by atoms with van der Waals surface area (Å²) in [6.07, 6.45) is 1.59. The van der Waals surface area contributed by atoms with Crippen LogP contribution in [0, 0.1) is 6.92 Å². The molecule has 0 saturated carbocycles. The Hall–Kier alpha value is -2.96. The Morgan fingerprint density at radius 3 is 2.69 bits per heavy atom. The van der Waals surface area contributed by atoms with Crippen LogP contribution in [0.3, 0.4) is 0 Å². The van der Waals surface area contributed by atoms with Crippen molar-refractivity contribution in [2.24, 2.45) is 0 Å². The maximum atomic E-state index is 12.9. The number of carbonyl (C=O) groups excluding carboxylic acids is 1. The van der Waals surface area contributed by atoms with Gasteiger partial charge in [0.05, 0.1) is 11.2 Å². The SMILES string of the molecule is CCn1cc(C(=O)Nc2nc(-c3ccccc3)c(C)s2)c(=O)c2cc(Cl)ccc21. The highest BCUT2D eigenvalue weighted by molar-refractivity contribution is 7.16. The van der Waals surface area contributed by atoms with E-state index in [0.717, 1.165) is 21.7 Å². The number of carbonyl (C=O) groups is 1. The van der Waals surface area contributed by atoms with Crippen LogP contribution in [0.25, 0.3) is 22.2 Å². The van der Waals surface area contributed by atoms with Gasteiger partial charge in [-0.3, -0.25) is 14.9 Å². The number of aryl methyl sites for hydroxylation is 2. The van der Waals surface area contributed by atoms with Crippen LogP contribution in [0.4, 0.5) is 5.13 Å². The van der Waals surface area contributed by atoms with Crippen LogP contribution >= 0.6 is 22.9 Å². The van der Waals surface area contributed by atoms with Crippen molar-refractivity contribution in [1.82, 2.24) is 9.55 Å². The largest absolute Gasteiger partial charge is 0.347 e. The predicted octanol–water partition coefficient (Wildman–Crippen LogP) is 5.36. The van der Waals surface area contributed by atoms with Crippen LogP contribution in [-0.2, 0) is 6.54 Å². The number of benzene rings is 2. The van der Waals surface area contributed by atoms with Gasteiger partial charge in [-0.25, -0.2) is 4.98 Å². The number of fused-ring (bicyclic) bond motifs is 1. The van der Waals surface area contributed by atoms with Crippen molar-refractivity contribution in [1.29, 1.82) is 0 Å². The molecule has 0 bridgehead atoms.